The van der Waals surface area contributed by atoms with Gasteiger partial charge in [0.1, 0.15) is 0 Å². The molecule has 78 valence electrons. The summed E-state index contributed by atoms with van der Waals surface area (Å²) in [5.74, 6) is 0. The summed E-state index contributed by atoms with van der Waals surface area (Å²) in [4.78, 5) is 0. The van der Waals surface area contributed by atoms with Crippen molar-refractivity contribution >= 4 is 33.4 Å². The molecule has 0 saturated carbocycles. The van der Waals surface area contributed by atoms with Crippen molar-refractivity contribution in [3.05, 3.63) is 29.8 Å². The molecule has 0 aliphatic carbocycles. The van der Waals surface area contributed by atoms with Crippen molar-refractivity contribution in [2.24, 2.45) is 0 Å². The van der Waals surface area contributed by atoms with E-state index in [1.165, 1.54) is 0 Å². The van der Waals surface area contributed by atoms with Crippen molar-refractivity contribution in [1.29, 1.82) is 0 Å². The summed E-state index contributed by atoms with van der Waals surface area (Å²) in [5, 5.41) is 0. The van der Waals surface area contributed by atoms with E-state index in [4.69, 9.17) is 4.55 Å². The summed E-state index contributed by atoms with van der Waals surface area (Å²) in [5.41, 5.74) is 1.27. The molecule has 2 N–H and O–H groups in total. The third kappa shape index (κ3) is 4.11. The molecular weight excluding hydrogens is 217 g/mol. The molecule has 0 bridgehead atoms. The van der Waals surface area contributed by atoms with Crippen LogP contribution in [0, 0.1) is 0 Å². The van der Waals surface area contributed by atoms with E-state index in [1.54, 1.807) is 18.2 Å². The van der Waals surface area contributed by atoms with Crippen LogP contribution in [0.5, 0.6) is 0 Å². The molecule has 0 fully saturated rings. The average Bonchev–Trinajstić information content (AvgIpc) is 2.02. The first-order valence-electron chi connectivity index (χ1n) is 3.86. The van der Waals surface area contributed by atoms with E-state index >= 15 is 0 Å². The van der Waals surface area contributed by atoms with E-state index in [0.29, 0.717) is 12.1 Å². The third-order valence-electron chi connectivity index (χ3n) is 1.64. The molecule has 0 radical (unpaired) electrons. The van der Waals surface area contributed by atoms with Gasteiger partial charge in [-0.1, -0.05) is 25.1 Å². The fraction of sp³-hybridized carbons (Fsp3) is 0.250. The number of benzene rings is 1. The largest absolute Gasteiger partial charge is 0.357 e. The lowest BCUT2D eigenvalue weighted by Crippen LogP contribution is -2.11. The highest BCUT2D eigenvalue weighted by molar-refractivity contribution is 7.87. The van der Waals surface area contributed by atoms with Crippen LogP contribution < -0.4 is 4.72 Å². The number of para-hydroxylation sites is 1. The standard InChI is InChI=1S/C8H11NO3S.Al.3H/c1-2-7-5-3-4-6-8(7)9-13(10,11)12;;;;/h3-6,9H,2H2,1H3,(H,10,11,12);;;;. The molecule has 6 heteroatoms. The zero-order valence-electron chi connectivity index (χ0n) is 7.19. The average molecular weight is 231 g/mol. The van der Waals surface area contributed by atoms with Crippen molar-refractivity contribution < 1.29 is 13.0 Å². The van der Waals surface area contributed by atoms with Gasteiger partial charge in [0.15, 0.2) is 17.4 Å². The van der Waals surface area contributed by atoms with Crippen LogP contribution in [0.3, 0.4) is 0 Å². The minimum absolute atomic E-state index is 0. The maximum Gasteiger partial charge on any atom is 0.357 e. The minimum Gasteiger partial charge on any atom is -0.269 e. The molecule has 0 aliphatic rings. The van der Waals surface area contributed by atoms with Crippen LogP contribution >= 0.6 is 0 Å². The maximum atomic E-state index is 10.5. The maximum absolute atomic E-state index is 10.5. The van der Waals surface area contributed by atoms with Crippen molar-refractivity contribution in [3.8, 4) is 0 Å². The molecule has 0 unspecified atom stereocenters. The van der Waals surface area contributed by atoms with Gasteiger partial charge in [0.2, 0.25) is 0 Å². The van der Waals surface area contributed by atoms with Gasteiger partial charge < -0.3 is 0 Å². The molecule has 1 aromatic rings. The topological polar surface area (TPSA) is 66.4 Å². The number of hydrogen-bond acceptors (Lipinski definition) is 2. The number of rotatable bonds is 3. The van der Waals surface area contributed by atoms with Crippen LogP contribution in [0.25, 0.3) is 0 Å². The summed E-state index contributed by atoms with van der Waals surface area (Å²) in [6.07, 6.45) is 0.707. The van der Waals surface area contributed by atoms with Crippen molar-refractivity contribution in [2.45, 2.75) is 13.3 Å². The van der Waals surface area contributed by atoms with Gasteiger partial charge in [-0.25, -0.2) is 0 Å². The molecular formula is C8H14AlNO3S. The van der Waals surface area contributed by atoms with Gasteiger partial charge >= 0.3 is 10.3 Å². The predicted molar refractivity (Wildman–Crippen MR) is 60.9 cm³/mol. The molecule has 0 aliphatic heterocycles. The van der Waals surface area contributed by atoms with E-state index in [-0.39, 0.29) is 17.4 Å². The molecule has 0 heterocycles. The monoisotopic (exact) mass is 231 g/mol. The first kappa shape index (κ1) is 13.5. The summed E-state index contributed by atoms with van der Waals surface area (Å²) in [6, 6.07) is 6.92. The van der Waals surface area contributed by atoms with Gasteiger partial charge in [-0.15, -0.1) is 0 Å². The van der Waals surface area contributed by atoms with Crippen molar-refractivity contribution in [2.75, 3.05) is 4.72 Å². The van der Waals surface area contributed by atoms with Crippen LogP contribution in [-0.4, -0.2) is 30.3 Å². The molecule has 1 aromatic carbocycles. The fourth-order valence-electron chi connectivity index (χ4n) is 1.07. The smallest absolute Gasteiger partial charge is 0.269 e. The lowest BCUT2D eigenvalue weighted by Gasteiger charge is -2.06. The Labute approximate surface area is 94.3 Å². The zero-order valence-corrected chi connectivity index (χ0v) is 8.00. The Morgan fingerprint density at radius 3 is 2.43 bits per heavy atom. The number of hydrogen-bond donors (Lipinski definition) is 2. The van der Waals surface area contributed by atoms with Crippen LogP contribution in [0.2, 0.25) is 0 Å². The van der Waals surface area contributed by atoms with Gasteiger partial charge in [-0.3, -0.25) is 9.27 Å². The molecule has 0 spiro atoms. The van der Waals surface area contributed by atoms with Gasteiger partial charge in [0.05, 0.1) is 5.69 Å². The molecule has 1 rings (SSSR count). The summed E-state index contributed by atoms with van der Waals surface area (Å²) in [6.45, 7) is 1.91. The fourth-order valence-corrected chi connectivity index (χ4v) is 1.54. The first-order valence-corrected chi connectivity index (χ1v) is 5.30. The molecule has 0 atom stereocenters. The van der Waals surface area contributed by atoms with Crippen LogP contribution in [0.1, 0.15) is 12.5 Å². The van der Waals surface area contributed by atoms with E-state index in [2.05, 4.69) is 0 Å². The van der Waals surface area contributed by atoms with E-state index < -0.39 is 10.3 Å². The second-order valence-electron chi connectivity index (χ2n) is 2.59. The minimum atomic E-state index is -4.16. The lowest BCUT2D eigenvalue weighted by atomic mass is 10.1. The van der Waals surface area contributed by atoms with E-state index in [0.717, 1.165) is 5.56 Å². The highest BCUT2D eigenvalue weighted by Gasteiger charge is 2.06. The second-order valence-corrected chi connectivity index (χ2v) is 3.74. The van der Waals surface area contributed by atoms with Gasteiger partial charge in [-0.2, -0.15) is 8.42 Å². The van der Waals surface area contributed by atoms with E-state index in [1.807, 2.05) is 17.7 Å². The number of aryl methyl sites for hydroxylation is 1. The quantitative estimate of drug-likeness (QED) is 0.580. The Bertz CT molecular complexity index is 391. The predicted octanol–water partition coefficient (Wildman–Crippen LogP) is 0.280. The molecule has 0 amide bonds. The summed E-state index contributed by atoms with van der Waals surface area (Å²) < 4.78 is 31.6. The highest BCUT2D eigenvalue weighted by Crippen LogP contribution is 2.15. The normalized spacial score (nSPS) is 10.4. The first-order chi connectivity index (χ1) is 6.03. The Hall–Kier alpha value is -0.538. The SMILES string of the molecule is CCc1ccccc1NS(=O)(=O)O.[AlH3]. The summed E-state index contributed by atoms with van der Waals surface area (Å²) in [7, 11) is -4.16. The number of nitrogens with one attached hydrogen (secondary N) is 1. The van der Waals surface area contributed by atoms with Gasteiger partial charge in [0, 0.05) is 0 Å². The Balaban J connectivity index is 0.00000169. The molecule has 14 heavy (non-hydrogen) atoms. The molecule has 0 aromatic heterocycles. The molecule has 4 nitrogen and oxygen atoms in total. The Morgan fingerprint density at radius 1 is 1.36 bits per heavy atom. The highest BCUT2D eigenvalue weighted by atomic mass is 32.2. The third-order valence-corrected chi connectivity index (χ3v) is 2.12. The van der Waals surface area contributed by atoms with Gasteiger partial charge in [0.25, 0.3) is 0 Å². The number of anilines is 1. The second kappa shape index (κ2) is 5.37. The Morgan fingerprint density at radius 2 is 1.93 bits per heavy atom. The van der Waals surface area contributed by atoms with Crippen LogP contribution in [0.4, 0.5) is 5.69 Å². The lowest BCUT2D eigenvalue weighted by molar-refractivity contribution is 0.489. The van der Waals surface area contributed by atoms with Crippen LogP contribution in [0.15, 0.2) is 24.3 Å². The van der Waals surface area contributed by atoms with Crippen molar-refractivity contribution in [3.63, 3.8) is 0 Å². The van der Waals surface area contributed by atoms with Crippen molar-refractivity contribution in [1.82, 2.24) is 0 Å². The van der Waals surface area contributed by atoms with Crippen LogP contribution in [-0.2, 0) is 16.7 Å². The van der Waals surface area contributed by atoms with Gasteiger partial charge in [-0.05, 0) is 18.1 Å². The molecule has 0 saturated heterocycles. The summed E-state index contributed by atoms with van der Waals surface area (Å²) >= 11 is 0. The zero-order chi connectivity index (χ0) is 9.90. The Kier molecular flexibility index (Phi) is 5.16. The van der Waals surface area contributed by atoms with E-state index in [9.17, 15) is 8.42 Å².